The molecule has 0 spiro atoms. The Morgan fingerprint density at radius 1 is 0.923 bits per heavy atom. The van der Waals surface area contributed by atoms with Gasteiger partial charge >= 0.3 is 6.18 Å². The second-order valence-corrected chi connectivity index (χ2v) is 6.04. The number of fused-ring (bicyclic) bond motifs is 1. The van der Waals surface area contributed by atoms with E-state index >= 15 is 0 Å². The molecule has 0 amide bonds. The normalized spacial score (nSPS) is 11.8. The van der Waals surface area contributed by atoms with E-state index < -0.39 is 11.7 Å². The van der Waals surface area contributed by atoms with E-state index in [1.165, 1.54) is 0 Å². The average molecular weight is 354 g/mol. The standard InChI is InChI=1S/C20H13F3N2O/c1-12-9-14(11-15(10-12)20(21,22)23)18-24-19(26-25-18)17-8-4-6-13-5-2-3-7-16(13)17/h2-11H,1H3. The molecule has 0 saturated carbocycles. The van der Waals surface area contributed by atoms with Crippen molar-refractivity contribution in [2.45, 2.75) is 13.1 Å². The first-order valence-electron chi connectivity index (χ1n) is 7.93. The minimum absolute atomic E-state index is 0.127. The molecule has 130 valence electrons. The van der Waals surface area contributed by atoms with Crippen molar-refractivity contribution < 1.29 is 17.7 Å². The fourth-order valence-corrected chi connectivity index (χ4v) is 2.94. The third kappa shape index (κ3) is 2.94. The molecule has 0 fully saturated rings. The highest BCUT2D eigenvalue weighted by Crippen LogP contribution is 2.34. The van der Waals surface area contributed by atoms with Crippen LogP contribution in [0.5, 0.6) is 0 Å². The van der Waals surface area contributed by atoms with E-state index in [4.69, 9.17) is 4.52 Å². The summed E-state index contributed by atoms with van der Waals surface area (Å²) in [5, 5.41) is 5.83. The first kappa shape index (κ1) is 16.3. The lowest BCUT2D eigenvalue weighted by molar-refractivity contribution is -0.137. The van der Waals surface area contributed by atoms with E-state index in [-0.39, 0.29) is 17.3 Å². The summed E-state index contributed by atoms with van der Waals surface area (Å²) in [7, 11) is 0. The molecule has 4 aromatic rings. The molecule has 0 N–H and O–H groups in total. The monoisotopic (exact) mass is 354 g/mol. The van der Waals surface area contributed by atoms with Gasteiger partial charge in [-0.15, -0.1) is 0 Å². The van der Waals surface area contributed by atoms with Crippen LogP contribution in [0.3, 0.4) is 0 Å². The lowest BCUT2D eigenvalue weighted by Gasteiger charge is -2.08. The Morgan fingerprint density at radius 2 is 1.69 bits per heavy atom. The van der Waals surface area contributed by atoms with Gasteiger partial charge in [0.05, 0.1) is 5.56 Å². The first-order chi connectivity index (χ1) is 12.4. The van der Waals surface area contributed by atoms with E-state index in [1.807, 2.05) is 42.5 Å². The van der Waals surface area contributed by atoms with Gasteiger partial charge in [0.15, 0.2) is 0 Å². The van der Waals surface area contributed by atoms with Gasteiger partial charge < -0.3 is 4.52 Å². The Morgan fingerprint density at radius 3 is 2.50 bits per heavy atom. The maximum absolute atomic E-state index is 13.0. The third-order valence-corrected chi connectivity index (χ3v) is 4.11. The van der Waals surface area contributed by atoms with Crippen LogP contribution in [0, 0.1) is 6.92 Å². The lowest BCUT2D eigenvalue weighted by Crippen LogP contribution is -2.05. The van der Waals surface area contributed by atoms with Crippen LogP contribution >= 0.6 is 0 Å². The van der Waals surface area contributed by atoms with Gasteiger partial charge in [0.25, 0.3) is 5.89 Å². The highest BCUT2D eigenvalue weighted by Gasteiger charge is 2.31. The molecule has 4 rings (SSSR count). The number of halogens is 3. The van der Waals surface area contributed by atoms with Crippen LogP contribution in [0.1, 0.15) is 11.1 Å². The zero-order valence-electron chi connectivity index (χ0n) is 13.7. The van der Waals surface area contributed by atoms with E-state index in [2.05, 4.69) is 10.1 Å². The van der Waals surface area contributed by atoms with Crippen LogP contribution in [0.4, 0.5) is 13.2 Å². The van der Waals surface area contributed by atoms with Gasteiger partial charge in [-0.05, 0) is 47.5 Å². The summed E-state index contributed by atoms with van der Waals surface area (Å²) in [5.41, 5.74) is 0.758. The maximum Gasteiger partial charge on any atom is 0.416 e. The molecule has 0 bridgehead atoms. The Labute approximate surface area is 147 Å². The van der Waals surface area contributed by atoms with Crippen molar-refractivity contribution in [3.05, 3.63) is 71.8 Å². The van der Waals surface area contributed by atoms with E-state index in [0.717, 1.165) is 28.5 Å². The lowest BCUT2D eigenvalue weighted by atomic mass is 10.0. The number of benzene rings is 3. The van der Waals surface area contributed by atoms with Gasteiger partial charge in [0.2, 0.25) is 5.82 Å². The largest absolute Gasteiger partial charge is 0.416 e. The number of alkyl halides is 3. The number of rotatable bonds is 2. The van der Waals surface area contributed by atoms with Crippen LogP contribution in [0.15, 0.2) is 65.2 Å². The molecule has 0 unspecified atom stereocenters. The highest BCUT2D eigenvalue weighted by molar-refractivity contribution is 5.94. The second kappa shape index (κ2) is 5.98. The molecule has 3 aromatic carbocycles. The zero-order valence-corrected chi connectivity index (χ0v) is 13.7. The third-order valence-electron chi connectivity index (χ3n) is 4.11. The predicted octanol–water partition coefficient (Wildman–Crippen LogP) is 5.88. The van der Waals surface area contributed by atoms with Gasteiger partial charge in [-0.2, -0.15) is 18.2 Å². The summed E-state index contributed by atoms with van der Waals surface area (Å²) in [6.07, 6.45) is -4.43. The molecule has 0 saturated heterocycles. The fourth-order valence-electron chi connectivity index (χ4n) is 2.94. The summed E-state index contributed by atoms with van der Waals surface area (Å²) in [6, 6.07) is 17.1. The van der Waals surface area contributed by atoms with Gasteiger partial charge in [-0.1, -0.05) is 41.6 Å². The Balaban J connectivity index is 1.81. The van der Waals surface area contributed by atoms with E-state index in [0.29, 0.717) is 5.56 Å². The summed E-state index contributed by atoms with van der Waals surface area (Å²) < 4.78 is 44.5. The molecular formula is C20H13F3N2O. The van der Waals surface area contributed by atoms with Crippen molar-refractivity contribution in [3.8, 4) is 22.8 Å². The van der Waals surface area contributed by atoms with Crippen LogP contribution in [0.25, 0.3) is 33.6 Å². The van der Waals surface area contributed by atoms with Gasteiger partial charge in [0.1, 0.15) is 0 Å². The van der Waals surface area contributed by atoms with Crippen LogP contribution in [-0.2, 0) is 6.18 Å². The molecule has 0 aliphatic rings. The van der Waals surface area contributed by atoms with E-state index in [9.17, 15) is 13.2 Å². The van der Waals surface area contributed by atoms with Crippen molar-refractivity contribution in [3.63, 3.8) is 0 Å². The average Bonchev–Trinajstić information content (AvgIpc) is 3.10. The minimum atomic E-state index is -4.43. The Bertz CT molecular complexity index is 1090. The quantitative estimate of drug-likeness (QED) is 0.451. The molecule has 0 aliphatic carbocycles. The number of hydrogen-bond acceptors (Lipinski definition) is 3. The van der Waals surface area contributed by atoms with E-state index in [1.54, 1.807) is 13.0 Å². The van der Waals surface area contributed by atoms with Crippen molar-refractivity contribution in [2.75, 3.05) is 0 Å². The van der Waals surface area contributed by atoms with Crippen LogP contribution in [-0.4, -0.2) is 10.1 Å². The summed E-state index contributed by atoms with van der Waals surface area (Å²) >= 11 is 0. The molecule has 3 nitrogen and oxygen atoms in total. The first-order valence-corrected chi connectivity index (χ1v) is 7.93. The van der Waals surface area contributed by atoms with Crippen molar-refractivity contribution in [1.29, 1.82) is 0 Å². The van der Waals surface area contributed by atoms with Gasteiger partial charge in [-0.3, -0.25) is 0 Å². The Hall–Kier alpha value is -3.15. The second-order valence-electron chi connectivity index (χ2n) is 6.04. The van der Waals surface area contributed by atoms with Crippen molar-refractivity contribution in [1.82, 2.24) is 10.1 Å². The van der Waals surface area contributed by atoms with Gasteiger partial charge in [0, 0.05) is 11.1 Å². The molecule has 0 atom stereocenters. The topological polar surface area (TPSA) is 38.9 Å². The molecule has 6 heteroatoms. The smallest absolute Gasteiger partial charge is 0.334 e. The SMILES string of the molecule is Cc1cc(-c2noc(-c3cccc4ccccc34)n2)cc(C(F)(F)F)c1. The summed E-state index contributed by atoms with van der Waals surface area (Å²) in [4.78, 5) is 4.32. The molecule has 26 heavy (non-hydrogen) atoms. The predicted molar refractivity (Wildman–Crippen MR) is 92.4 cm³/mol. The summed E-state index contributed by atoms with van der Waals surface area (Å²) in [6.45, 7) is 1.60. The number of aromatic nitrogens is 2. The summed E-state index contributed by atoms with van der Waals surface area (Å²) in [5.74, 6) is 0.397. The minimum Gasteiger partial charge on any atom is -0.334 e. The van der Waals surface area contributed by atoms with Crippen LogP contribution < -0.4 is 0 Å². The molecule has 1 heterocycles. The fraction of sp³-hybridized carbons (Fsp3) is 0.100. The molecule has 1 aromatic heterocycles. The highest BCUT2D eigenvalue weighted by atomic mass is 19.4. The number of aryl methyl sites for hydroxylation is 1. The van der Waals surface area contributed by atoms with Crippen molar-refractivity contribution >= 4 is 10.8 Å². The number of nitrogens with zero attached hydrogens (tertiary/aromatic N) is 2. The van der Waals surface area contributed by atoms with Crippen molar-refractivity contribution in [2.24, 2.45) is 0 Å². The van der Waals surface area contributed by atoms with Gasteiger partial charge in [-0.25, -0.2) is 0 Å². The Kier molecular flexibility index (Phi) is 3.76. The molecule has 0 radical (unpaired) electrons. The molecule has 0 aliphatic heterocycles. The maximum atomic E-state index is 13.0. The number of hydrogen-bond donors (Lipinski definition) is 0. The molecular weight excluding hydrogens is 341 g/mol. The zero-order chi connectivity index (χ0) is 18.3. The van der Waals surface area contributed by atoms with Crippen LogP contribution in [0.2, 0.25) is 0 Å².